The van der Waals surface area contributed by atoms with Gasteiger partial charge in [-0.3, -0.25) is 0 Å². The molecule has 0 aromatic heterocycles. The molecule has 1 saturated heterocycles. The highest BCUT2D eigenvalue weighted by Gasteiger charge is 2.59. The first kappa shape index (κ1) is 12.6. The smallest absolute Gasteiger partial charge is 0.0340 e. The minimum absolute atomic E-state index is 0.119. The summed E-state index contributed by atoms with van der Waals surface area (Å²) in [6.45, 7) is 2.41. The summed E-state index contributed by atoms with van der Waals surface area (Å²) in [4.78, 5) is 2.52. The fourth-order valence-corrected chi connectivity index (χ4v) is 6.62. The van der Waals surface area contributed by atoms with Crippen LogP contribution in [0.3, 0.4) is 0 Å². The van der Waals surface area contributed by atoms with Crippen molar-refractivity contribution in [1.29, 1.82) is 0 Å². The van der Waals surface area contributed by atoms with Gasteiger partial charge in [0.2, 0.25) is 0 Å². The molecule has 5 aliphatic rings. The van der Waals surface area contributed by atoms with Crippen LogP contribution in [0.2, 0.25) is 0 Å². The van der Waals surface area contributed by atoms with Crippen molar-refractivity contribution in [1.82, 2.24) is 4.90 Å². The molecular formula is C17H30N2. The highest BCUT2D eigenvalue weighted by atomic mass is 15.1. The zero-order chi connectivity index (χ0) is 13.1. The monoisotopic (exact) mass is 262 g/mol. The Hall–Kier alpha value is -0.0800. The van der Waals surface area contributed by atoms with Crippen LogP contribution in [0.4, 0.5) is 0 Å². The van der Waals surface area contributed by atoms with Gasteiger partial charge in [0.25, 0.3) is 0 Å². The predicted octanol–water partition coefficient (Wildman–Crippen LogP) is 3.02. The number of likely N-dealkylation sites (tertiary alicyclic amines) is 1. The van der Waals surface area contributed by atoms with Crippen LogP contribution in [0.15, 0.2) is 0 Å². The van der Waals surface area contributed by atoms with Crippen molar-refractivity contribution in [2.75, 3.05) is 20.1 Å². The van der Waals surface area contributed by atoms with E-state index in [9.17, 15) is 0 Å². The van der Waals surface area contributed by atoms with Crippen molar-refractivity contribution in [2.45, 2.75) is 63.3 Å². The van der Waals surface area contributed by atoms with E-state index in [2.05, 4.69) is 11.9 Å². The maximum absolute atomic E-state index is 7.11. The Morgan fingerprint density at radius 1 is 0.947 bits per heavy atom. The van der Waals surface area contributed by atoms with Crippen molar-refractivity contribution >= 4 is 0 Å². The second kappa shape index (κ2) is 4.21. The van der Waals surface area contributed by atoms with Gasteiger partial charge in [0.05, 0.1) is 0 Å². The predicted molar refractivity (Wildman–Crippen MR) is 78.9 cm³/mol. The van der Waals surface area contributed by atoms with E-state index in [-0.39, 0.29) is 5.54 Å². The Morgan fingerprint density at radius 3 is 2.11 bits per heavy atom. The fourth-order valence-electron chi connectivity index (χ4n) is 6.62. The number of likely N-dealkylation sites (N-methyl/N-ethyl adjacent to an activating group) is 1. The van der Waals surface area contributed by atoms with Gasteiger partial charge in [-0.05, 0) is 88.1 Å². The maximum atomic E-state index is 7.11. The molecule has 1 atom stereocenters. The van der Waals surface area contributed by atoms with Crippen LogP contribution in [0.5, 0.6) is 0 Å². The zero-order valence-corrected chi connectivity index (χ0v) is 12.5. The van der Waals surface area contributed by atoms with E-state index in [1.165, 1.54) is 64.3 Å². The Bertz CT molecular complexity index is 329. The first-order valence-corrected chi connectivity index (χ1v) is 8.56. The van der Waals surface area contributed by atoms with Crippen molar-refractivity contribution in [3.05, 3.63) is 0 Å². The van der Waals surface area contributed by atoms with Gasteiger partial charge >= 0.3 is 0 Å². The molecule has 4 saturated carbocycles. The summed E-state index contributed by atoms with van der Waals surface area (Å²) in [6, 6.07) is 0. The van der Waals surface area contributed by atoms with Crippen LogP contribution < -0.4 is 5.73 Å². The lowest BCUT2D eigenvalue weighted by atomic mass is 9.44. The number of rotatable bonds is 1. The van der Waals surface area contributed by atoms with Gasteiger partial charge in [0.15, 0.2) is 0 Å². The molecular weight excluding hydrogens is 232 g/mol. The largest absolute Gasteiger partial charge is 0.324 e. The van der Waals surface area contributed by atoms with Gasteiger partial charge < -0.3 is 10.6 Å². The SMILES string of the molecule is CN1CCCCC(N)(C23CC4CC(CC(C4)C2)C3)C1. The Morgan fingerprint density at radius 2 is 1.53 bits per heavy atom. The van der Waals surface area contributed by atoms with Crippen molar-refractivity contribution in [3.63, 3.8) is 0 Å². The molecule has 0 radical (unpaired) electrons. The lowest BCUT2D eigenvalue weighted by molar-refractivity contribution is -0.103. The molecule has 1 aliphatic heterocycles. The Balaban J connectivity index is 1.66. The quantitative estimate of drug-likeness (QED) is 0.787. The molecule has 5 rings (SSSR count). The molecule has 0 amide bonds. The van der Waals surface area contributed by atoms with Crippen molar-refractivity contribution in [2.24, 2.45) is 28.9 Å². The molecule has 108 valence electrons. The maximum Gasteiger partial charge on any atom is 0.0340 e. The fraction of sp³-hybridized carbons (Fsp3) is 1.00. The van der Waals surface area contributed by atoms with Gasteiger partial charge in [-0.25, -0.2) is 0 Å². The molecule has 2 nitrogen and oxygen atoms in total. The number of nitrogens with zero attached hydrogens (tertiary/aromatic N) is 1. The number of nitrogens with two attached hydrogens (primary N) is 1. The van der Waals surface area contributed by atoms with E-state index >= 15 is 0 Å². The highest BCUT2D eigenvalue weighted by Crippen LogP contribution is 2.64. The molecule has 4 bridgehead atoms. The Labute approximate surface area is 118 Å². The highest BCUT2D eigenvalue weighted by molar-refractivity contribution is 5.13. The van der Waals surface area contributed by atoms with E-state index in [1.807, 2.05) is 0 Å². The summed E-state index contributed by atoms with van der Waals surface area (Å²) in [5.41, 5.74) is 7.74. The van der Waals surface area contributed by atoms with Gasteiger partial charge in [-0.1, -0.05) is 6.42 Å². The lowest BCUT2D eigenvalue weighted by Gasteiger charge is -2.63. The molecule has 5 fully saturated rings. The van der Waals surface area contributed by atoms with Crippen molar-refractivity contribution in [3.8, 4) is 0 Å². The van der Waals surface area contributed by atoms with Gasteiger partial charge in [-0.2, -0.15) is 0 Å². The van der Waals surface area contributed by atoms with E-state index in [4.69, 9.17) is 5.73 Å². The van der Waals surface area contributed by atoms with Crippen molar-refractivity contribution < 1.29 is 0 Å². The summed E-state index contributed by atoms with van der Waals surface area (Å²) >= 11 is 0. The number of hydrogen-bond donors (Lipinski definition) is 1. The van der Waals surface area contributed by atoms with Crippen LogP contribution in [0.25, 0.3) is 0 Å². The van der Waals surface area contributed by atoms with E-state index < -0.39 is 0 Å². The van der Waals surface area contributed by atoms with Gasteiger partial charge in [0, 0.05) is 12.1 Å². The summed E-state index contributed by atoms with van der Waals surface area (Å²) in [5, 5.41) is 0. The Kier molecular flexibility index (Phi) is 2.80. The molecule has 1 heterocycles. The average Bonchev–Trinajstić information content (AvgIpc) is 2.49. The molecule has 2 N–H and O–H groups in total. The molecule has 2 heteroatoms. The third-order valence-electron chi connectivity index (χ3n) is 7.06. The second-order valence-corrected chi connectivity index (χ2v) is 8.55. The van der Waals surface area contributed by atoms with Gasteiger partial charge in [-0.15, -0.1) is 0 Å². The van der Waals surface area contributed by atoms with Crippen LogP contribution in [-0.4, -0.2) is 30.6 Å². The average molecular weight is 262 g/mol. The summed E-state index contributed by atoms with van der Waals surface area (Å²) in [6.07, 6.45) is 13.0. The minimum Gasteiger partial charge on any atom is -0.324 e. The zero-order valence-electron chi connectivity index (χ0n) is 12.5. The summed E-state index contributed by atoms with van der Waals surface area (Å²) in [7, 11) is 2.29. The standard InChI is InChI=1S/C17H30N2/c1-19-5-3-2-4-17(18,12-19)16-9-13-6-14(10-16)8-15(7-13)11-16/h13-15H,2-12,18H2,1H3. The van der Waals surface area contributed by atoms with Crippen LogP contribution >= 0.6 is 0 Å². The number of hydrogen-bond acceptors (Lipinski definition) is 2. The van der Waals surface area contributed by atoms with Crippen LogP contribution in [-0.2, 0) is 0 Å². The second-order valence-electron chi connectivity index (χ2n) is 8.55. The normalized spacial score (nSPS) is 54.3. The molecule has 0 aromatic carbocycles. The van der Waals surface area contributed by atoms with E-state index in [1.54, 1.807) is 0 Å². The van der Waals surface area contributed by atoms with Crippen LogP contribution in [0, 0.1) is 23.2 Å². The topological polar surface area (TPSA) is 29.3 Å². The minimum atomic E-state index is 0.119. The molecule has 19 heavy (non-hydrogen) atoms. The molecule has 0 spiro atoms. The molecule has 4 aliphatic carbocycles. The third-order valence-corrected chi connectivity index (χ3v) is 7.06. The lowest BCUT2D eigenvalue weighted by Crippen LogP contribution is -2.65. The first-order valence-electron chi connectivity index (χ1n) is 8.56. The third kappa shape index (κ3) is 1.90. The van der Waals surface area contributed by atoms with Gasteiger partial charge in [0.1, 0.15) is 0 Å². The molecule has 1 unspecified atom stereocenters. The summed E-state index contributed by atoms with van der Waals surface area (Å²) < 4.78 is 0. The van der Waals surface area contributed by atoms with Crippen LogP contribution in [0.1, 0.15) is 57.8 Å². The summed E-state index contributed by atoms with van der Waals surface area (Å²) in [5.74, 6) is 3.08. The molecule has 0 aromatic rings. The van der Waals surface area contributed by atoms with E-state index in [0.29, 0.717) is 5.41 Å². The first-order chi connectivity index (χ1) is 9.09. The van der Waals surface area contributed by atoms with E-state index in [0.717, 1.165) is 24.3 Å².